The summed E-state index contributed by atoms with van der Waals surface area (Å²) in [4.78, 5) is 0. The highest BCUT2D eigenvalue weighted by molar-refractivity contribution is 9.10. The molecule has 0 atom stereocenters. The van der Waals surface area contributed by atoms with Gasteiger partial charge in [0, 0.05) is 30.7 Å². The van der Waals surface area contributed by atoms with Gasteiger partial charge in [0.05, 0.1) is 4.47 Å². The minimum Gasteiger partial charge on any atom is -0.506 e. The molecule has 1 fully saturated rings. The number of halogens is 1. The van der Waals surface area contributed by atoms with Crippen LogP contribution in [0.2, 0.25) is 0 Å². The van der Waals surface area contributed by atoms with E-state index in [4.69, 9.17) is 0 Å². The smallest absolute Gasteiger partial charge is 0.134 e. The predicted octanol–water partition coefficient (Wildman–Crippen LogP) is 2.80. The summed E-state index contributed by atoms with van der Waals surface area (Å²) in [7, 11) is 0. The van der Waals surface area contributed by atoms with E-state index >= 15 is 0 Å². The Balaban J connectivity index is 1.90. The first-order valence-corrected chi connectivity index (χ1v) is 7.24. The molecule has 1 aromatic rings. The van der Waals surface area contributed by atoms with Crippen LogP contribution in [-0.2, 0) is 6.54 Å². The third-order valence-corrected chi connectivity index (χ3v) is 4.53. The number of phenols is 1. The lowest BCUT2D eigenvalue weighted by molar-refractivity contribution is 0.128. The number of phenolic OH excluding ortho intramolecular Hbond substituents is 1. The standard InChI is InChI=1S/C14H20BrNO2/c15-12-5-3-4-11(13(12)18)8-16-9-14(10-17)6-1-2-7-14/h3-5,16-18H,1-2,6-10H2. The van der Waals surface area contributed by atoms with Crippen LogP contribution in [0.25, 0.3) is 0 Å². The Hall–Kier alpha value is -0.580. The highest BCUT2D eigenvalue weighted by Gasteiger charge is 2.32. The normalized spacial score (nSPS) is 18.1. The molecular formula is C14H20BrNO2. The molecule has 0 amide bonds. The Bertz CT molecular complexity index is 403. The van der Waals surface area contributed by atoms with Crippen molar-refractivity contribution in [1.82, 2.24) is 5.32 Å². The summed E-state index contributed by atoms with van der Waals surface area (Å²) in [5.41, 5.74) is 0.942. The Morgan fingerprint density at radius 2 is 2.00 bits per heavy atom. The minimum absolute atomic E-state index is 0.0572. The third-order valence-electron chi connectivity index (χ3n) is 3.89. The van der Waals surface area contributed by atoms with Crippen molar-refractivity contribution in [1.29, 1.82) is 0 Å². The van der Waals surface area contributed by atoms with Crippen LogP contribution in [-0.4, -0.2) is 23.4 Å². The fourth-order valence-electron chi connectivity index (χ4n) is 2.68. The zero-order chi connectivity index (χ0) is 13.0. The van der Waals surface area contributed by atoms with Crippen LogP contribution in [0, 0.1) is 5.41 Å². The maximum absolute atomic E-state index is 9.87. The number of nitrogens with one attached hydrogen (secondary N) is 1. The van der Waals surface area contributed by atoms with Gasteiger partial charge in [0.15, 0.2) is 0 Å². The van der Waals surface area contributed by atoms with Gasteiger partial charge in [-0.1, -0.05) is 25.0 Å². The van der Waals surface area contributed by atoms with E-state index in [-0.39, 0.29) is 12.0 Å². The van der Waals surface area contributed by atoms with E-state index < -0.39 is 0 Å². The predicted molar refractivity (Wildman–Crippen MR) is 75.5 cm³/mol. The van der Waals surface area contributed by atoms with Crippen molar-refractivity contribution in [3.8, 4) is 5.75 Å². The van der Waals surface area contributed by atoms with Crippen LogP contribution < -0.4 is 5.32 Å². The molecule has 3 N–H and O–H groups in total. The zero-order valence-corrected chi connectivity index (χ0v) is 12.0. The monoisotopic (exact) mass is 313 g/mol. The van der Waals surface area contributed by atoms with Crippen molar-refractivity contribution in [3.63, 3.8) is 0 Å². The van der Waals surface area contributed by atoms with Gasteiger partial charge in [0.1, 0.15) is 5.75 Å². The average molecular weight is 314 g/mol. The third kappa shape index (κ3) is 3.05. The summed E-state index contributed by atoms with van der Waals surface area (Å²) in [5, 5.41) is 22.8. The molecule has 4 heteroatoms. The van der Waals surface area contributed by atoms with Gasteiger partial charge in [-0.25, -0.2) is 0 Å². The molecule has 1 aliphatic carbocycles. The molecule has 1 aliphatic rings. The van der Waals surface area contributed by atoms with Crippen LogP contribution in [0.5, 0.6) is 5.75 Å². The quantitative estimate of drug-likeness (QED) is 0.783. The highest BCUT2D eigenvalue weighted by atomic mass is 79.9. The molecule has 18 heavy (non-hydrogen) atoms. The molecule has 0 bridgehead atoms. The Kier molecular flexibility index (Phi) is 4.65. The van der Waals surface area contributed by atoms with Gasteiger partial charge in [-0.15, -0.1) is 0 Å². The van der Waals surface area contributed by atoms with Crippen LogP contribution in [0.4, 0.5) is 0 Å². The van der Waals surface area contributed by atoms with Crippen molar-refractivity contribution in [3.05, 3.63) is 28.2 Å². The van der Waals surface area contributed by atoms with Crippen molar-refractivity contribution in [2.24, 2.45) is 5.41 Å². The van der Waals surface area contributed by atoms with E-state index in [2.05, 4.69) is 21.2 Å². The summed E-state index contributed by atoms with van der Waals surface area (Å²) in [5.74, 6) is 0.300. The zero-order valence-electron chi connectivity index (χ0n) is 10.5. The van der Waals surface area contributed by atoms with E-state index in [0.717, 1.165) is 29.4 Å². The second kappa shape index (κ2) is 6.04. The Morgan fingerprint density at radius 3 is 2.67 bits per heavy atom. The number of hydrogen-bond acceptors (Lipinski definition) is 3. The number of rotatable bonds is 5. The minimum atomic E-state index is 0.0572. The summed E-state index contributed by atoms with van der Waals surface area (Å²) in [6.45, 7) is 1.70. The van der Waals surface area contributed by atoms with E-state index in [1.54, 1.807) is 0 Å². The van der Waals surface area contributed by atoms with Gasteiger partial charge in [0.2, 0.25) is 0 Å². The van der Waals surface area contributed by atoms with Gasteiger partial charge >= 0.3 is 0 Å². The molecule has 0 radical (unpaired) electrons. The van der Waals surface area contributed by atoms with Crippen LogP contribution in [0.15, 0.2) is 22.7 Å². The maximum Gasteiger partial charge on any atom is 0.134 e. The van der Waals surface area contributed by atoms with Crippen LogP contribution in [0.1, 0.15) is 31.2 Å². The van der Waals surface area contributed by atoms with E-state index in [1.807, 2.05) is 18.2 Å². The molecule has 0 unspecified atom stereocenters. The fourth-order valence-corrected chi connectivity index (χ4v) is 3.09. The molecule has 2 rings (SSSR count). The summed E-state index contributed by atoms with van der Waals surface area (Å²) >= 11 is 3.31. The lowest BCUT2D eigenvalue weighted by Crippen LogP contribution is -2.34. The van der Waals surface area contributed by atoms with Gasteiger partial charge in [-0.2, -0.15) is 0 Å². The molecule has 3 nitrogen and oxygen atoms in total. The number of benzene rings is 1. The molecule has 1 aromatic carbocycles. The lowest BCUT2D eigenvalue weighted by atomic mass is 9.87. The van der Waals surface area contributed by atoms with Crippen molar-refractivity contribution >= 4 is 15.9 Å². The fraction of sp³-hybridized carbons (Fsp3) is 0.571. The molecular weight excluding hydrogens is 294 g/mol. The van der Waals surface area contributed by atoms with E-state index in [1.165, 1.54) is 12.8 Å². The number of aromatic hydroxyl groups is 1. The topological polar surface area (TPSA) is 52.5 Å². The molecule has 0 aromatic heterocycles. The van der Waals surface area contributed by atoms with Gasteiger partial charge < -0.3 is 15.5 Å². The second-order valence-corrected chi connectivity index (χ2v) is 6.07. The Morgan fingerprint density at radius 1 is 1.28 bits per heavy atom. The molecule has 0 spiro atoms. The van der Waals surface area contributed by atoms with Gasteiger partial charge in [-0.3, -0.25) is 0 Å². The summed E-state index contributed by atoms with van der Waals surface area (Å²) in [6.07, 6.45) is 4.62. The molecule has 0 saturated heterocycles. The molecule has 100 valence electrons. The van der Waals surface area contributed by atoms with Crippen molar-refractivity contribution < 1.29 is 10.2 Å². The number of aliphatic hydroxyl groups excluding tert-OH is 1. The first-order chi connectivity index (χ1) is 8.67. The first kappa shape index (κ1) is 13.8. The summed E-state index contributed by atoms with van der Waals surface area (Å²) in [6, 6.07) is 5.65. The Labute approximate surface area is 116 Å². The SMILES string of the molecule is OCC1(CNCc2cccc(Br)c2O)CCCC1. The number of aliphatic hydroxyl groups is 1. The molecule has 0 heterocycles. The maximum atomic E-state index is 9.87. The summed E-state index contributed by atoms with van der Waals surface area (Å²) < 4.78 is 0.722. The first-order valence-electron chi connectivity index (χ1n) is 6.45. The van der Waals surface area contributed by atoms with Crippen LogP contribution in [0.3, 0.4) is 0 Å². The molecule has 1 saturated carbocycles. The lowest BCUT2D eigenvalue weighted by Gasteiger charge is -2.26. The van der Waals surface area contributed by atoms with Crippen molar-refractivity contribution in [2.45, 2.75) is 32.2 Å². The van der Waals surface area contributed by atoms with Crippen molar-refractivity contribution in [2.75, 3.05) is 13.2 Å². The molecule has 0 aliphatic heterocycles. The van der Waals surface area contributed by atoms with Gasteiger partial charge in [0.25, 0.3) is 0 Å². The van der Waals surface area contributed by atoms with E-state index in [0.29, 0.717) is 12.3 Å². The highest BCUT2D eigenvalue weighted by Crippen LogP contribution is 2.37. The largest absolute Gasteiger partial charge is 0.506 e. The average Bonchev–Trinajstić information content (AvgIpc) is 2.84. The number of para-hydroxylation sites is 1. The van der Waals surface area contributed by atoms with Gasteiger partial charge in [-0.05, 0) is 34.8 Å². The van der Waals surface area contributed by atoms with Crippen LogP contribution >= 0.6 is 15.9 Å². The van der Waals surface area contributed by atoms with E-state index in [9.17, 15) is 10.2 Å². The number of hydrogen-bond donors (Lipinski definition) is 3. The second-order valence-electron chi connectivity index (χ2n) is 5.22.